The van der Waals surface area contributed by atoms with Crippen molar-refractivity contribution < 1.29 is 33.2 Å². The molecule has 0 saturated carbocycles. The van der Waals surface area contributed by atoms with Crippen LogP contribution in [0.5, 0.6) is 40.4 Å². The fourth-order valence-electron chi connectivity index (χ4n) is 5.36. The minimum Gasteiger partial charge on any atom is -0.493 e. The van der Waals surface area contributed by atoms with Crippen molar-refractivity contribution >= 4 is 16.7 Å². The van der Waals surface area contributed by atoms with Gasteiger partial charge in [0.15, 0.2) is 28.6 Å². The molecule has 0 radical (unpaired) electrons. The van der Waals surface area contributed by atoms with Gasteiger partial charge in [0.1, 0.15) is 17.9 Å². The number of rotatable bonds is 12. The Hall–Kier alpha value is -5.13. The largest absolute Gasteiger partial charge is 0.493 e. The van der Waals surface area contributed by atoms with Gasteiger partial charge in [0.05, 0.1) is 60.4 Å². The van der Waals surface area contributed by atoms with Crippen molar-refractivity contribution in [2.75, 3.05) is 42.7 Å². The normalized spacial score (nSPS) is 11.1. The van der Waals surface area contributed by atoms with Crippen LogP contribution in [0, 0.1) is 6.92 Å². The Morgan fingerprint density at radius 3 is 1.77 bits per heavy atom. The lowest BCUT2D eigenvalue weighted by atomic mass is 10.1. The molecule has 2 aromatic carbocycles. The zero-order valence-corrected chi connectivity index (χ0v) is 26.1. The molecule has 0 bridgehead atoms. The molecule has 12 nitrogen and oxygen atoms in total. The second-order valence-electron chi connectivity index (χ2n) is 9.89. The summed E-state index contributed by atoms with van der Waals surface area (Å²) in [5, 5.41) is 0. The van der Waals surface area contributed by atoms with Crippen LogP contribution in [0.1, 0.15) is 29.6 Å². The molecule has 0 unspecified atom stereocenters. The lowest BCUT2D eigenvalue weighted by Gasteiger charge is -2.17. The molecule has 5 aromatic rings. The number of benzene rings is 2. The van der Waals surface area contributed by atoms with E-state index in [-0.39, 0.29) is 18.7 Å². The zero-order chi connectivity index (χ0) is 31.5. The molecule has 3 aromatic heterocycles. The number of methoxy groups -OCH3 is 6. The number of hydrogen-bond acceptors (Lipinski definition) is 10. The summed E-state index contributed by atoms with van der Waals surface area (Å²) in [6.07, 6.45) is 0.610. The number of aryl methyl sites for hydroxylation is 2. The molecule has 0 amide bonds. The Labute approximate surface area is 254 Å². The third-order valence-corrected chi connectivity index (χ3v) is 7.39. The molecule has 5 rings (SSSR count). The first-order chi connectivity index (χ1) is 21.3. The van der Waals surface area contributed by atoms with Crippen molar-refractivity contribution in [1.82, 2.24) is 18.9 Å². The summed E-state index contributed by atoms with van der Waals surface area (Å²) in [5.74, 6) is 4.11. The SMILES string of the molecule is CCc1nc(C)c2c(=O)n(Cc3cc(OC)c(OC)c(OC)c3)c3ccc(OCc4cc(OC)c(OC)c(OC)c4)nc3n12. The third-order valence-electron chi connectivity index (χ3n) is 7.39. The van der Waals surface area contributed by atoms with Crippen LogP contribution in [0.25, 0.3) is 16.7 Å². The number of fused-ring (bicyclic) bond motifs is 3. The van der Waals surface area contributed by atoms with Gasteiger partial charge in [-0.05, 0) is 48.4 Å². The van der Waals surface area contributed by atoms with Gasteiger partial charge < -0.3 is 33.2 Å². The van der Waals surface area contributed by atoms with Gasteiger partial charge in [0, 0.05) is 12.5 Å². The van der Waals surface area contributed by atoms with Gasteiger partial charge in [0.25, 0.3) is 5.56 Å². The lowest BCUT2D eigenvalue weighted by molar-refractivity contribution is 0.289. The van der Waals surface area contributed by atoms with Gasteiger partial charge in [0.2, 0.25) is 17.4 Å². The van der Waals surface area contributed by atoms with Crippen LogP contribution in [0.2, 0.25) is 0 Å². The minimum absolute atomic E-state index is 0.188. The molecule has 0 atom stereocenters. The first kappa shape index (κ1) is 30.3. The Bertz CT molecular complexity index is 1850. The fraction of sp³-hybridized carbons (Fsp3) is 0.344. The predicted octanol–water partition coefficient (Wildman–Crippen LogP) is 4.59. The maximum Gasteiger partial charge on any atom is 0.277 e. The van der Waals surface area contributed by atoms with E-state index in [2.05, 4.69) is 0 Å². The monoisotopic (exact) mass is 604 g/mol. The number of pyridine rings is 1. The first-order valence-corrected chi connectivity index (χ1v) is 13.9. The van der Waals surface area contributed by atoms with Gasteiger partial charge >= 0.3 is 0 Å². The molecule has 232 valence electrons. The second kappa shape index (κ2) is 12.6. The smallest absolute Gasteiger partial charge is 0.277 e. The van der Waals surface area contributed by atoms with Gasteiger partial charge in [-0.2, -0.15) is 4.98 Å². The maximum absolute atomic E-state index is 14.0. The van der Waals surface area contributed by atoms with Crippen LogP contribution >= 0.6 is 0 Å². The summed E-state index contributed by atoms with van der Waals surface area (Å²) < 4.78 is 42.6. The standard InChI is InChI=1S/C32H36N4O8/c1-9-26-33-18(2)28-32(37)35(16-19-12-22(38-3)29(42-7)23(13-19)39-4)21-10-11-27(34-31(21)36(26)28)44-17-20-14-24(40-5)30(43-8)25(15-20)41-6/h10-15H,9,16-17H2,1-8H3. The van der Waals surface area contributed by atoms with Crippen LogP contribution in [0.3, 0.4) is 0 Å². The highest BCUT2D eigenvalue weighted by molar-refractivity contribution is 5.77. The Kier molecular flexibility index (Phi) is 8.70. The minimum atomic E-state index is -0.191. The zero-order valence-electron chi connectivity index (χ0n) is 26.1. The molecule has 44 heavy (non-hydrogen) atoms. The van der Waals surface area contributed by atoms with Gasteiger partial charge in [-0.15, -0.1) is 0 Å². The van der Waals surface area contributed by atoms with E-state index >= 15 is 0 Å². The Morgan fingerprint density at radius 2 is 1.27 bits per heavy atom. The molecular formula is C32H36N4O8. The van der Waals surface area contributed by atoms with Crippen LogP contribution in [-0.2, 0) is 19.6 Å². The average molecular weight is 605 g/mol. The van der Waals surface area contributed by atoms with E-state index in [1.165, 1.54) is 0 Å². The Morgan fingerprint density at radius 1 is 0.727 bits per heavy atom. The number of ether oxygens (including phenoxy) is 7. The summed E-state index contributed by atoms with van der Waals surface area (Å²) in [6.45, 7) is 4.23. The number of imidazole rings is 1. The summed E-state index contributed by atoms with van der Waals surface area (Å²) >= 11 is 0. The van der Waals surface area contributed by atoms with Crippen molar-refractivity contribution in [2.45, 2.75) is 33.4 Å². The van der Waals surface area contributed by atoms with Crippen LogP contribution in [0.15, 0.2) is 41.2 Å². The molecule has 0 N–H and O–H groups in total. The highest BCUT2D eigenvalue weighted by Crippen LogP contribution is 2.39. The van der Waals surface area contributed by atoms with E-state index in [0.717, 1.165) is 17.0 Å². The number of nitrogens with zero attached hydrogens (tertiary/aromatic N) is 4. The molecular weight excluding hydrogens is 568 g/mol. The van der Waals surface area contributed by atoms with Crippen molar-refractivity contribution in [3.63, 3.8) is 0 Å². The summed E-state index contributed by atoms with van der Waals surface area (Å²) in [7, 11) is 9.34. The first-order valence-electron chi connectivity index (χ1n) is 13.9. The van der Waals surface area contributed by atoms with Gasteiger partial charge in [-0.1, -0.05) is 6.92 Å². The van der Waals surface area contributed by atoms with Crippen molar-refractivity contribution in [3.05, 3.63) is 69.4 Å². The summed E-state index contributed by atoms with van der Waals surface area (Å²) in [5.41, 5.74) is 3.63. The van der Waals surface area contributed by atoms with Crippen molar-refractivity contribution in [3.8, 4) is 40.4 Å². The molecule has 0 aliphatic carbocycles. The molecule has 12 heteroatoms. The molecule has 0 saturated heterocycles. The van der Waals surface area contributed by atoms with E-state index in [0.29, 0.717) is 69.2 Å². The van der Waals surface area contributed by atoms with Crippen molar-refractivity contribution in [2.24, 2.45) is 0 Å². The Balaban J connectivity index is 1.62. The van der Waals surface area contributed by atoms with E-state index in [1.54, 1.807) is 53.3 Å². The van der Waals surface area contributed by atoms with E-state index in [9.17, 15) is 4.79 Å². The quantitative estimate of drug-likeness (QED) is 0.200. The van der Waals surface area contributed by atoms with Gasteiger partial charge in [-0.25, -0.2) is 4.98 Å². The van der Waals surface area contributed by atoms with Crippen LogP contribution in [-0.4, -0.2) is 61.6 Å². The highest BCUT2D eigenvalue weighted by Gasteiger charge is 2.21. The lowest BCUT2D eigenvalue weighted by Crippen LogP contribution is -2.24. The van der Waals surface area contributed by atoms with E-state index in [4.69, 9.17) is 43.1 Å². The average Bonchev–Trinajstić information content (AvgIpc) is 3.40. The molecule has 0 aliphatic rings. The summed E-state index contributed by atoms with van der Waals surface area (Å²) in [6, 6.07) is 10.9. The molecule has 3 heterocycles. The second-order valence-corrected chi connectivity index (χ2v) is 9.89. The molecule has 0 aliphatic heterocycles. The predicted molar refractivity (Wildman–Crippen MR) is 164 cm³/mol. The number of aromatic nitrogens is 4. The van der Waals surface area contributed by atoms with E-state index in [1.807, 2.05) is 48.6 Å². The topological polar surface area (TPSA) is 117 Å². The molecule has 0 spiro atoms. The third kappa shape index (κ3) is 5.27. The summed E-state index contributed by atoms with van der Waals surface area (Å²) in [4.78, 5) is 23.6. The fourth-order valence-corrected chi connectivity index (χ4v) is 5.36. The molecule has 0 fully saturated rings. The van der Waals surface area contributed by atoms with Crippen molar-refractivity contribution in [1.29, 1.82) is 0 Å². The van der Waals surface area contributed by atoms with Crippen LogP contribution in [0.4, 0.5) is 0 Å². The highest BCUT2D eigenvalue weighted by atomic mass is 16.5. The maximum atomic E-state index is 14.0. The van der Waals surface area contributed by atoms with Crippen LogP contribution < -0.4 is 38.7 Å². The number of hydrogen-bond donors (Lipinski definition) is 0. The van der Waals surface area contributed by atoms with Gasteiger partial charge in [-0.3, -0.25) is 13.8 Å². The van der Waals surface area contributed by atoms with E-state index < -0.39 is 0 Å².